The van der Waals surface area contributed by atoms with Gasteiger partial charge in [0.1, 0.15) is 11.5 Å². The second-order valence-corrected chi connectivity index (χ2v) is 7.89. The van der Waals surface area contributed by atoms with Crippen LogP contribution in [0.1, 0.15) is 38.7 Å². The van der Waals surface area contributed by atoms with Crippen LogP contribution in [0.2, 0.25) is 0 Å². The highest BCUT2D eigenvalue weighted by molar-refractivity contribution is 7.92. The third kappa shape index (κ3) is 4.00. The molecule has 3 N–H and O–H groups in total. The summed E-state index contributed by atoms with van der Waals surface area (Å²) in [6.45, 7) is 5.67. The minimum atomic E-state index is -3.44. The minimum Gasteiger partial charge on any atom is -0.508 e. The molecule has 0 saturated heterocycles. The molecule has 0 fully saturated rings. The predicted octanol–water partition coefficient (Wildman–Crippen LogP) is 4.04. The first-order valence-electron chi connectivity index (χ1n) is 7.91. The molecule has 2 aromatic rings. The number of para-hydroxylation sites is 1. The van der Waals surface area contributed by atoms with Crippen LogP contribution in [-0.4, -0.2) is 24.4 Å². The van der Waals surface area contributed by atoms with Gasteiger partial charge in [-0.3, -0.25) is 4.72 Å². The maximum atomic E-state index is 12.1. The number of phenols is 2. The Bertz CT molecular complexity index is 829. The molecular weight excluding hydrogens is 326 g/mol. The molecule has 0 heterocycles. The van der Waals surface area contributed by atoms with Crippen molar-refractivity contribution in [2.24, 2.45) is 0 Å². The summed E-state index contributed by atoms with van der Waals surface area (Å²) in [6.07, 6.45) is 0.513. The van der Waals surface area contributed by atoms with Crippen molar-refractivity contribution >= 4 is 15.7 Å². The van der Waals surface area contributed by atoms with Gasteiger partial charge in [-0.2, -0.15) is 0 Å². The Morgan fingerprint density at radius 1 is 1.04 bits per heavy atom. The summed E-state index contributed by atoms with van der Waals surface area (Å²) in [5, 5.41) is 20.2. The fourth-order valence-corrected chi connectivity index (χ4v) is 3.72. The lowest BCUT2D eigenvalue weighted by atomic mass is 9.95. The third-order valence-electron chi connectivity index (χ3n) is 3.72. The van der Waals surface area contributed by atoms with E-state index in [2.05, 4.69) is 4.72 Å². The van der Waals surface area contributed by atoms with Crippen molar-refractivity contribution in [3.63, 3.8) is 0 Å². The number of benzene rings is 2. The van der Waals surface area contributed by atoms with Crippen LogP contribution in [0.15, 0.2) is 36.4 Å². The lowest BCUT2D eigenvalue weighted by Gasteiger charge is -2.16. The molecule has 2 aromatic carbocycles. The average molecular weight is 349 g/mol. The van der Waals surface area contributed by atoms with Crippen molar-refractivity contribution < 1.29 is 18.6 Å². The van der Waals surface area contributed by atoms with Gasteiger partial charge in [0, 0.05) is 17.2 Å². The molecule has 2 rings (SSSR count). The van der Waals surface area contributed by atoms with Crippen molar-refractivity contribution in [1.82, 2.24) is 0 Å². The van der Waals surface area contributed by atoms with Crippen molar-refractivity contribution in [2.45, 2.75) is 33.1 Å². The van der Waals surface area contributed by atoms with Gasteiger partial charge in [0.25, 0.3) is 0 Å². The lowest BCUT2D eigenvalue weighted by molar-refractivity contribution is 0.445. The Labute approximate surface area is 143 Å². The smallest absolute Gasteiger partial charge is 0.232 e. The van der Waals surface area contributed by atoms with Gasteiger partial charge in [-0.1, -0.05) is 39.0 Å². The van der Waals surface area contributed by atoms with E-state index in [9.17, 15) is 18.6 Å². The molecule has 0 amide bonds. The predicted molar refractivity (Wildman–Crippen MR) is 97.0 cm³/mol. The molecule has 130 valence electrons. The van der Waals surface area contributed by atoms with E-state index >= 15 is 0 Å². The maximum Gasteiger partial charge on any atom is 0.232 e. The SMILES string of the molecule is CCCS(=O)(=O)Nc1ccccc1-c1cc(C(C)C)c(O)cc1O. The lowest BCUT2D eigenvalue weighted by Crippen LogP contribution is -2.16. The summed E-state index contributed by atoms with van der Waals surface area (Å²) in [6, 6.07) is 9.89. The molecule has 0 spiro atoms. The second-order valence-electron chi connectivity index (χ2n) is 6.05. The molecule has 0 aliphatic rings. The van der Waals surface area contributed by atoms with Crippen molar-refractivity contribution in [3.05, 3.63) is 42.0 Å². The number of nitrogens with one attached hydrogen (secondary N) is 1. The van der Waals surface area contributed by atoms with Crippen LogP contribution in [-0.2, 0) is 10.0 Å². The zero-order valence-electron chi connectivity index (χ0n) is 14.1. The van der Waals surface area contributed by atoms with Crippen LogP contribution in [0, 0.1) is 0 Å². The van der Waals surface area contributed by atoms with Gasteiger partial charge in [0.2, 0.25) is 10.0 Å². The first-order valence-corrected chi connectivity index (χ1v) is 9.56. The van der Waals surface area contributed by atoms with Gasteiger partial charge in [-0.25, -0.2) is 8.42 Å². The highest BCUT2D eigenvalue weighted by Gasteiger charge is 2.17. The number of aromatic hydroxyl groups is 2. The molecule has 0 bridgehead atoms. The Morgan fingerprint density at radius 2 is 1.71 bits per heavy atom. The summed E-state index contributed by atoms with van der Waals surface area (Å²) < 4.78 is 26.7. The van der Waals surface area contributed by atoms with E-state index in [0.717, 1.165) is 0 Å². The molecule has 6 heteroatoms. The summed E-state index contributed by atoms with van der Waals surface area (Å²) in [7, 11) is -3.44. The van der Waals surface area contributed by atoms with Gasteiger partial charge < -0.3 is 10.2 Å². The van der Waals surface area contributed by atoms with Crippen LogP contribution in [0.25, 0.3) is 11.1 Å². The topological polar surface area (TPSA) is 86.6 Å². The molecule has 24 heavy (non-hydrogen) atoms. The van der Waals surface area contributed by atoms with E-state index in [4.69, 9.17) is 0 Å². The normalized spacial score (nSPS) is 11.7. The van der Waals surface area contributed by atoms with E-state index in [1.807, 2.05) is 13.8 Å². The quantitative estimate of drug-likeness (QED) is 0.734. The summed E-state index contributed by atoms with van der Waals surface area (Å²) in [4.78, 5) is 0. The Kier molecular flexibility index (Phi) is 5.39. The van der Waals surface area contributed by atoms with Gasteiger partial charge in [0.15, 0.2) is 0 Å². The molecule has 0 radical (unpaired) electrons. The molecule has 5 nitrogen and oxygen atoms in total. The molecule has 0 aromatic heterocycles. The van der Waals surface area contributed by atoms with E-state index in [-0.39, 0.29) is 23.2 Å². The maximum absolute atomic E-state index is 12.1. The summed E-state index contributed by atoms with van der Waals surface area (Å²) in [5.41, 5.74) is 2.14. The molecule has 0 atom stereocenters. The van der Waals surface area contributed by atoms with E-state index < -0.39 is 10.0 Å². The molecule has 0 aliphatic carbocycles. The van der Waals surface area contributed by atoms with Crippen molar-refractivity contribution in [1.29, 1.82) is 0 Å². The number of hydrogen-bond acceptors (Lipinski definition) is 4. The van der Waals surface area contributed by atoms with Crippen molar-refractivity contribution in [3.8, 4) is 22.6 Å². The van der Waals surface area contributed by atoms with Crippen LogP contribution in [0.3, 0.4) is 0 Å². The zero-order chi connectivity index (χ0) is 17.9. The first kappa shape index (κ1) is 18.1. The Hall–Kier alpha value is -2.21. The second kappa shape index (κ2) is 7.13. The van der Waals surface area contributed by atoms with Gasteiger partial charge in [-0.05, 0) is 30.0 Å². The van der Waals surface area contributed by atoms with Gasteiger partial charge >= 0.3 is 0 Å². The largest absolute Gasteiger partial charge is 0.508 e. The molecular formula is C18H23NO4S. The summed E-state index contributed by atoms with van der Waals surface area (Å²) >= 11 is 0. The minimum absolute atomic E-state index is 0.0234. The number of phenolic OH excluding ortho intramolecular Hbond substituents is 2. The Balaban J connectivity index is 2.56. The monoisotopic (exact) mass is 349 g/mol. The molecule has 0 aliphatic heterocycles. The number of rotatable bonds is 6. The highest BCUT2D eigenvalue weighted by Crippen LogP contribution is 2.40. The van der Waals surface area contributed by atoms with Crippen molar-refractivity contribution in [2.75, 3.05) is 10.5 Å². The van der Waals surface area contributed by atoms with Crippen LogP contribution < -0.4 is 4.72 Å². The van der Waals surface area contributed by atoms with E-state index in [0.29, 0.717) is 28.8 Å². The van der Waals surface area contributed by atoms with E-state index in [1.165, 1.54) is 6.07 Å². The van der Waals surface area contributed by atoms with E-state index in [1.54, 1.807) is 37.3 Å². The number of sulfonamides is 1. The fourth-order valence-electron chi connectivity index (χ4n) is 2.57. The van der Waals surface area contributed by atoms with Crippen LogP contribution in [0.5, 0.6) is 11.5 Å². The van der Waals surface area contributed by atoms with Crippen LogP contribution >= 0.6 is 0 Å². The highest BCUT2D eigenvalue weighted by atomic mass is 32.2. The first-order chi connectivity index (χ1) is 11.2. The standard InChI is InChI=1S/C18H23NO4S/c1-4-9-24(22,23)19-16-8-6-5-7-13(16)15-10-14(12(2)3)17(20)11-18(15)21/h5-8,10-12,19-21H,4,9H2,1-3H3. The average Bonchev–Trinajstić information content (AvgIpc) is 2.47. The van der Waals surface area contributed by atoms with Gasteiger partial charge in [-0.15, -0.1) is 0 Å². The molecule has 0 saturated carbocycles. The Morgan fingerprint density at radius 3 is 2.33 bits per heavy atom. The van der Waals surface area contributed by atoms with Gasteiger partial charge in [0.05, 0.1) is 11.4 Å². The third-order valence-corrected chi connectivity index (χ3v) is 5.20. The van der Waals surface area contributed by atoms with Crippen LogP contribution in [0.4, 0.5) is 5.69 Å². The number of anilines is 1. The fraction of sp³-hybridized carbons (Fsp3) is 0.333. The number of hydrogen-bond donors (Lipinski definition) is 3. The summed E-state index contributed by atoms with van der Waals surface area (Å²) in [5.74, 6) is 0.0165. The zero-order valence-corrected chi connectivity index (χ0v) is 14.9. The molecule has 0 unspecified atom stereocenters.